The van der Waals surface area contributed by atoms with Crippen molar-refractivity contribution in [2.45, 2.75) is 62.8 Å². The Morgan fingerprint density at radius 2 is 1.84 bits per heavy atom. The highest BCUT2D eigenvalue weighted by molar-refractivity contribution is 6.35. The number of nitrogens with zero attached hydrogens (tertiary/aromatic N) is 4. The van der Waals surface area contributed by atoms with Gasteiger partial charge in [-0.15, -0.1) is 0 Å². The molecule has 2 fully saturated rings. The van der Waals surface area contributed by atoms with Gasteiger partial charge in [-0.25, -0.2) is 9.97 Å². The van der Waals surface area contributed by atoms with Gasteiger partial charge < -0.3 is 10.4 Å². The number of nitrogens with one attached hydrogen (secondary N) is 1. The van der Waals surface area contributed by atoms with Gasteiger partial charge >= 0.3 is 6.18 Å². The molecule has 2 unspecified atom stereocenters. The van der Waals surface area contributed by atoms with E-state index in [-0.39, 0.29) is 35.5 Å². The second-order valence-corrected chi connectivity index (χ2v) is 10.5. The van der Waals surface area contributed by atoms with E-state index in [1.165, 1.54) is 12.4 Å². The molecule has 202 valence electrons. The van der Waals surface area contributed by atoms with Crippen LogP contribution >= 0.6 is 11.6 Å². The molecule has 2 aliphatic rings. The predicted octanol–water partition coefficient (Wildman–Crippen LogP) is 5.28. The van der Waals surface area contributed by atoms with Gasteiger partial charge in [-0.1, -0.05) is 24.1 Å². The number of fused-ring (bicyclic) bond motifs is 1. The molecule has 1 aliphatic carbocycles. The molecule has 2 aromatic heterocycles. The van der Waals surface area contributed by atoms with Crippen molar-refractivity contribution in [3.63, 3.8) is 0 Å². The number of piperidine rings is 1. The molecule has 3 aromatic rings. The summed E-state index contributed by atoms with van der Waals surface area (Å²) in [7, 11) is 0. The Balaban J connectivity index is 1.38. The first-order valence-electron chi connectivity index (χ1n) is 12.9. The summed E-state index contributed by atoms with van der Waals surface area (Å²) in [5.74, 6) is -1.40. The van der Waals surface area contributed by atoms with Gasteiger partial charge in [0.05, 0.1) is 28.2 Å². The van der Waals surface area contributed by atoms with Crippen LogP contribution in [0, 0.1) is 0 Å². The molecule has 0 radical (unpaired) electrons. The molecule has 1 aromatic carbocycles. The number of aliphatic hydroxyl groups excluding tert-OH is 1. The average molecular weight is 548 g/mol. The van der Waals surface area contributed by atoms with Crippen LogP contribution in [0.2, 0.25) is 5.02 Å². The van der Waals surface area contributed by atoms with Crippen molar-refractivity contribution in [3.05, 3.63) is 64.3 Å². The molecule has 3 heterocycles. The third kappa shape index (κ3) is 5.77. The minimum Gasteiger partial charge on any atom is -0.393 e. The fourth-order valence-electron chi connectivity index (χ4n) is 5.50. The van der Waals surface area contributed by atoms with Crippen molar-refractivity contribution >= 4 is 28.4 Å². The number of carbonyl (C=O) groups excluding carboxylic acids is 1. The molecule has 1 saturated heterocycles. The number of alkyl halides is 3. The van der Waals surface area contributed by atoms with Crippen LogP contribution < -0.4 is 5.32 Å². The monoisotopic (exact) mass is 547 g/mol. The van der Waals surface area contributed by atoms with Gasteiger partial charge in [-0.2, -0.15) is 13.2 Å². The second-order valence-electron chi connectivity index (χ2n) is 10.0. The molecule has 0 spiro atoms. The number of pyridine rings is 1. The van der Waals surface area contributed by atoms with E-state index < -0.39 is 12.0 Å². The van der Waals surface area contributed by atoms with Gasteiger partial charge in [0.1, 0.15) is 0 Å². The SMILES string of the molecule is O=C(NCC(c1cnc(C(F)(F)F)nc1)N1CCCCC1)c1c(Cl)ccc2nc(C3CC[C@H](O)C3)ccc12. The number of aliphatic hydroxyl groups is 1. The minimum absolute atomic E-state index is 0.158. The molecule has 1 saturated carbocycles. The first-order valence-corrected chi connectivity index (χ1v) is 13.3. The number of halogens is 4. The molecule has 1 amide bonds. The lowest BCUT2D eigenvalue weighted by molar-refractivity contribution is -0.145. The number of hydrogen-bond donors (Lipinski definition) is 2. The second kappa shape index (κ2) is 11.1. The van der Waals surface area contributed by atoms with Gasteiger partial charge in [-0.05, 0) is 63.4 Å². The Morgan fingerprint density at radius 1 is 1.11 bits per heavy atom. The van der Waals surface area contributed by atoms with Gasteiger partial charge in [0, 0.05) is 41.5 Å². The molecule has 11 heteroatoms. The largest absolute Gasteiger partial charge is 0.451 e. The maximum atomic E-state index is 13.4. The number of likely N-dealkylation sites (tertiary alicyclic amines) is 1. The maximum Gasteiger partial charge on any atom is 0.451 e. The van der Waals surface area contributed by atoms with E-state index in [0.29, 0.717) is 28.5 Å². The van der Waals surface area contributed by atoms with E-state index >= 15 is 0 Å². The van der Waals surface area contributed by atoms with Gasteiger partial charge in [0.15, 0.2) is 0 Å². The number of hydrogen-bond acceptors (Lipinski definition) is 6. The van der Waals surface area contributed by atoms with Crippen LogP contribution in [0.25, 0.3) is 10.9 Å². The summed E-state index contributed by atoms with van der Waals surface area (Å²) in [5.41, 5.74) is 2.34. The molecular formula is C27H29ClF3N5O2. The molecule has 7 nitrogen and oxygen atoms in total. The lowest BCUT2D eigenvalue weighted by Crippen LogP contribution is -2.41. The average Bonchev–Trinajstić information content (AvgIpc) is 3.35. The lowest BCUT2D eigenvalue weighted by atomic mass is 10.0. The molecule has 5 rings (SSSR count). The van der Waals surface area contributed by atoms with Crippen molar-refractivity contribution in [2.24, 2.45) is 0 Å². The Bertz CT molecular complexity index is 1300. The number of benzene rings is 1. The number of carbonyl (C=O) groups is 1. The summed E-state index contributed by atoms with van der Waals surface area (Å²) in [6, 6.07) is 6.77. The summed E-state index contributed by atoms with van der Waals surface area (Å²) >= 11 is 6.47. The summed E-state index contributed by atoms with van der Waals surface area (Å²) in [5, 5.41) is 13.7. The smallest absolute Gasteiger partial charge is 0.393 e. The quantitative estimate of drug-likeness (QED) is 0.436. The van der Waals surface area contributed by atoms with Gasteiger partial charge in [0.2, 0.25) is 5.82 Å². The Hall–Kier alpha value is -2.82. The van der Waals surface area contributed by atoms with Crippen molar-refractivity contribution in [1.29, 1.82) is 0 Å². The zero-order valence-corrected chi connectivity index (χ0v) is 21.5. The Morgan fingerprint density at radius 3 is 2.50 bits per heavy atom. The van der Waals surface area contributed by atoms with Crippen molar-refractivity contribution in [1.82, 2.24) is 25.2 Å². The molecular weight excluding hydrogens is 519 g/mol. The van der Waals surface area contributed by atoms with Crippen LogP contribution in [-0.2, 0) is 6.18 Å². The van der Waals surface area contributed by atoms with E-state index in [1.54, 1.807) is 12.1 Å². The highest BCUT2D eigenvalue weighted by Crippen LogP contribution is 2.35. The van der Waals surface area contributed by atoms with Crippen molar-refractivity contribution in [3.8, 4) is 0 Å². The van der Waals surface area contributed by atoms with E-state index in [9.17, 15) is 23.1 Å². The van der Waals surface area contributed by atoms with Crippen LogP contribution in [0.1, 0.15) is 77.9 Å². The zero-order chi connectivity index (χ0) is 26.9. The van der Waals surface area contributed by atoms with E-state index in [1.807, 2.05) is 12.1 Å². The third-order valence-corrected chi connectivity index (χ3v) is 7.80. The fraction of sp³-hybridized carbons (Fsp3) is 0.481. The van der Waals surface area contributed by atoms with Crippen LogP contribution in [0.15, 0.2) is 36.7 Å². The standard InChI is InChI=1S/C27H29ClF3N5O2/c28-20-7-9-22-19(6-8-21(35-22)16-4-5-18(37)12-16)24(20)25(38)32-15-23(36-10-2-1-3-11-36)17-13-33-26(34-14-17)27(29,30)31/h6-9,13-14,16,18,23,37H,1-5,10-12,15H2,(H,32,38)/t16?,18-,23?/m0/s1. The Kier molecular flexibility index (Phi) is 7.83. The zero-order valence-electron chi connectivity index (χ0n) is 20.7. The normalized spacial score (nSPS) is 21.5. The molecule has 1 aliphatic heterocycles. The summed E-state index contributed by atoms with van der Waals surface area (Å²) < 4.78 is 39.0. The van der Waals surface area contributed by atoms with Gasteiger partial charge in [0.25, 0.3) is 5.91 Å². The molecule has 3 atom stereocenters. The van der Waals surface area contributed by atoms with Crippen molar-refractivity contribution in [2.75, 3.05) is 19.6 Å². The van der Waals surface area contributed by atoms with Crippen LogP contribution in [0.4, 0.5) is 13.2 Å². The summed E-state index contributed by atoms with van der Waals surface area (Å²) in [6.07, 6.45) is 2.75. The number of rotatable bonds is 6. The molecule has 38 heavy (non-hydrogen) atoms. The predicted molar refractivity (Wildman–Crippen MR) is 137 cm³/mol. The first-order chi connectivity index (χ1) is 18.2. The highest BCUT2D eigenvalue weighted by atomic mass is 35.5. The maximum absolute atomic E-state index is 13.4. The summed E-state index contributed by atoms with van der Waals surface area (Å²) in [6.45, 7) is 1.68. The third-order valence-electron chi connectivity index (χ3n) is 7.49. The fourth-order valence-corrected chi connectivity index (χ4v) is 5.75. The highest BCUT2D eigenvalue weighted by Gasteiger charge is 2.35. The molecule has 0 bridgehead atoms. The van der Waals surface area contributed by atoms with Crippen LogP contribution in [-0.4, -0.2) is 56.6 Å². The first kappa shape index (κ1) is 26.8. The lowest BCUT2D eigenvalue weighted by Gasteiger charge is -2.34. The van der Waals surface area contributed by atoms with E-state index in [0.717, 1.165) is 50.9 Å². The number of amides is 1. The number of aromatic nitrogens is 3. The van der Waals surface area contributed by atoms with Crippen LogP contribution in [0.3, 0.4) is 0 Å². The topological polar surface area (TPSA) is 91.2 Å². The van der Waals surface area contributed by atoms with E-state index in [2.05, 4.69) is 20.2 Å². The van der Waals surface area contributed by atoms with Gasteiger partial charge in [-0.3, -0.25) is 14.7 Å². The minimum atomic E-state index is -4.62. The van der Waals surface area contributed by atoms with Crippen molar-refractivity contribution < 1.29 is 23.1 Å². The molecule has 2 N–H and O–H groups in total. The Labute approximate surface area is 223 Å². The van der Waals surface area contributed by atoms with Crippen LogP contribution in [0.5, 0.6) is 0 Å². The van der Waals surface area contributed by atoms with E-state index in [4.69, 9.17) is 16.6 Å². The summed E-state index contributed by atoms with van der Waals surface area (Å²) in [4.78, 5) is 27.4.